The molecule has 0 saturated heterocycles. The highest BCUT2D eigenvalue weighted by molar-refractivity contribution is 8.06. The highest BCUT2D eigenvalue weighted by Crippen LogP contribution is 2.34. The van der Waals surface area contributed by atoms with Crippen molar-refractivity contribution in [1.82, 2.24) is 0 Å². The summed E-state index contributed by atoms with van der Waals surface area (Å²) in [6.45, 7) is -3.31. The van der Waals surface area contributed by atoms with Crippen molar-refractivity contribution in [2.75, 3.05) is 7.11 Å². The van der Waals surface area contributed by atoms with Crippen LogP contribution in [0.25, 0.3) is 0 Å². The highest BCUT2D eigenvalue weighted by Gasteiger charge is 1.99. The Bertz CT molecular complexity index is 79.0. The van der Waals surface area contributed by atoms with Gasteiger partial charge >= 0.3 is 6.72 Å². The van der Waals surface area contributed by atoms with Gasteiger partial charge in [-0.3, -0.25) is 0 Å². The minimum Gasteiger partial charge on any atom is -0.325 e. The summed E-state index contributed by atoms with van der Waals surface area (Å²) < 4.78 is 3.97. The Kier molecular flexibility index (Phi) is 5.79. The largest absolute Gasteiger partial charge is 0.325 e. The van der Waals surface area contributed by atoms with E-state index in [-0.39, 0.29) is 12.4 Å². The molecule has 3 nitrogen and oxygen atoms in total. The first-order chi connectivity index (χ1) is 2.56. The first kappa shape index (κ1) is 10.7. The first-order valence-corrected chi connectivity index (χ1v) is 3.80. The zero-order valence-corrected chi connectivity index (χ0v) is 6.09. The first-order valence-electron chi connectivity index (χ1n) is 1.17. The summed E-state index contributed by atoms with van der Waals surface area (Å²) in [5.41, 5.74) is 0. The average Bonchev–Trinajstić information content (AvgIpc) is 1.35. The van der Waals surface area contributed by atoms with Crippen LogP contribution in [0, 0.1) is 0 Å². The van der Waals surface area contributed by atoms with E-state index in [0.29, 0.717) is 0 Å². The fraction of sp³-hybridized carbons (Fsp3) is 1.00. The second-order valence-electron chi connectivity index (χ2n) is 0.673. The molecule has 0 rings (SSSR count). The minimum atomic E-state index is -3.31. The number of hydrogen-bond donors (Lipinski definition) is 2. The molecule has 0 aliphatic heterocycles. The Balaban J connectivity index is 0. The molecule has 0 fully saturated rings. The molecule has 0 heterocycles. The summed E-state index contributed by atoms with van der Waals surface area (Å²) in [5, 5.41) is 0. The van der Waals surface area contributed by atoms with Gasteiger partial charge in [0.05, 0.1) is 0 Å². The lowest BCUT2D eigenvalue weighted by Gasteiger charge is -1.98. The van der Waals surface area contributed by atoms with Gasteiger partial charge in [0, 0.05) is 7.11 Å². The van der Waals surface area contributed by atoms with Crippen molar-refractivity contribution in [3.8, 4) is 0 Å². The van der Waals surface area contributed by atoms with Gasteiger partial charge in [-0.2, -0.15) is 0 Å². The van der Waals surface area contributed by atoms with Crippen molar-refractivity contribution < 1.29 is 14.3 Å². The molecule has 6 heteroatoms. The molecule has 0 amide bonds. The molecule has 0 aliphatic rings. The molecule has 0 saturated carbocycles. The summed E-state index contributed by atoms with van der Waals surface area (Å²) >= 11 is 3.99. The van der Waals surface area contributed by atoms with E-state index in [0.717, 1.165) is 7.11 Å². The molecule has 0 aromatic rings. The van der Waals surface area contributed by atoms with Crippen molar-refractivity contribution in [3.05, 3.63) is 0 Å². The van der Waals surface area contributed by atoms with Gasteiger partial charge in [-0.25, -0.2) is 0 Å². The summed E-state index contributed by atoms with van der Waals surface area (Å²) in [6.07, 6.45) is 0. The second kappa shape index (κ2) is 3.78. The predicted molar refractivity (Wildman–Crippen MR) is 33.0 cm³/mol. The van der Waals surface area contributed by atoms with Crippen LogP contribution in [-0.4, -0.2) is 16.9 Å². The molecule has 0 aliphatic carbocycles. The average molecular weight is 165 g/mol. The summed E-state index contributed by atoms with van der Waals surface area (Å²) in [7, 11) is 1.15. The van der Waals surface area contributed by atoms with Gasteiger partial charge in [0.2, 0.25) is 0 Å². The molecule has 0 aromatic carbocycles. The second-order valence-corrected chi connectivity index (χ2v) is 3.45. The van der Waals surface area contributed by atoms with Crippen LogP contribution in [0.15, 0.2) is 0 Å². The topological polar surface area (TPSA) is 49.7 Å². The van der Waals surface area contributed by atoms with Crippen molar-refractivity contribution >= 4 is 30.9 Å². The third kappa shape index (κ3) is 10.9. The van der Waals surface area contributed by atoms with Crippen LogP contribution in [0.5, 0.6) is 0 Å². The maximum Gasteiger partial charge on any atom is 0.321 e. The summed E-state index contributed by atoms with van der Waals surface area (Å²) in [5.74, 6) is 0. The highest BCUT2D eigenvalue weighted by atomic mass is 35.5. The third-order valence-electron chi connectivity index (χ3n) is 0.238. The SMILES string of the molecule is COP(O)(O)=S.Cl. The maximum atomic E-state index is 8.09. The van der Waals surface area contributed by atoms with Crippen molar-refractivity contribution in [1.29, 1.82) is 0 Å². The minimum absolute atomic E-state index is 0. The van der Waals surface area contributed by atoms with Crippen LogP contribution in [-0.2, 0) is 16.3 Å². The van der Waals surface area contributed by atoms with Crippen LogP contribution >= 0.6 is 19.1 Å². The molecule has 0 unspecified atom stereocenters. The standard InChI is InChI=1S/CH5O3PS.ClH/c1-4-5(2,3)6;/h1H3,(H2,2,3,6);1H. The van der Waals surface area contributed by atoms with Gasteiger partial charge in [0.25, 0.3) is 0 Å². The molecule has 7 heavy (non-hydrogen) atoms. The number of halogens is 1. The predicted octanol–water partition coefficient (Wildman–Crippen LogP) is 0.264. The third-order valence-corrected chi connectivity index (χ3v) is 1.16. The molecule has 2 N–H and O–H groups in total. The molecule has 0 radical (unpaired) electrons. The van der Waals surface area contributed by atoms with E-state index in [1.807, 2.05) is 0 Å². The monoisotopic (exact) mass is 164 g/mol. The molecule has 0 aromatic heterocycles. The molecule has 0 atom stereocenters. The van der Waals surface area contributed by atoms with Gasteiger partial charge in [-0.15, -0.1) is 12.4 Å². The maximum absolute atomic E-state index is 8.09. The Morgan fingerprint density at radius 3 is 1.71 bits per heavy atom. The van der Waals surface area contributed by atoms with Crippen LogP contribution < -0.4 is 0 Å². The van der Waals surface area contributed by atoms with E-state index in [4.69, 9.17) is 9.79 Å². The van der Waals surface area contributed by atoms with E-state index < -0.39 is 6.72 Å². The molecular weight excluding hydrogens is 159 g/mol. The Hall–Kier alpha value is 0.820. The lowest BCUT2D eigenvalue weighted by Crippen LogP contribution is -1.75. The van der Waals surface area contributed by atoms with E-state index >= 15 is 0 Å². The molecular formula is CH6ClO3PS. The lowest BCUT2D eigenvalue weighted by molar-refractivity contribution is 0.306. The normalized spacial score (nSPS) is 10.1. The van der Waals surface area contributed by atoms with Gasteiger partial charge in [-0.1, -0.05) is 0 Å². The van der Waals surface area contributed by atoms with Crippen LogP contribution in [0.4, 0.5) is 0 Å². The zero-order chi connectivity index (χ0) is 5.21. The summed E-state index contributed by atoms with van der Waals surface area (Å²) in [4.78, 5) is 16.2. The smallest absolute Gasteiger partial charge is 0.321 e. The van der Waals surface area contributed by atoms with Gasteiger partial charge in [0.1, 0.15) is 0 Å². The van der Waals surface area contributed by atoms with E-state index in [9.17, 15) is 0 Å². The fourth-order valence-corrected chi connectivity index (χ4v) is 0. The van der Waals surface area contributed by atoms with Crippen LogP contribution in [0.3, 0.4) is 0 Å². The Morgan fingerprint density at radius 2 is 1.71 bits per heavy atom. The number of hydrogen-bond acceptors (Lipinski definition) is 2. The fourth-order valence-electron chi connectivity index (χ4n) is 0. The van der Waals surface area contributed by atoms with Crippen LogP contribution in [0.2, 0.25) is 0 Å². The number of rotatable bonds is 1. The van der Waals surface area contributed by atoms with Crippen molar-refractivity contribution in [2.24, 2.45) is 0 Å². The molecule has 0 bridgehead atoms. The molecule has 0 spiro atoms. The van der Waals surface area contributed by atoms with Crippen LogP contribution in [0.1, 0.15) is 0 Å². The Morgan fingerprint density at radius 1 is 1.57 bits per heavy atom. The van der Waals surface area contributed by atoms with E-state index in [1.54, 1.807) is 0 Å². The summed E-state index contributed by atoms with van der Waals surface area (Å²) in [6, 6.07) is 0. The van der Waals surface area contributed by atoms with Crippen molar-refractivity contribution in [2.45, 2.75) is 0 Å². The quantitative estimate of drug-likeness (QED) is 0.546. The van der Waals surface area contributed by atoms with Crippen molar-refractivity contribution in [3.63, 3.8) is 0 Å². The lowest BCUT2D eigenvalue weighted by atomic mass is 11.8. The van der Waals surface area contributed by atoms with E-state index in [1.165, 1.54) is 0 Å². The van der Waals surface area contributed by atoms with E-state index in [2.05, 4.69) is 16.3 Å². The molecule has 46 valence electrons. The van der Waals surface area contributed by atoms with Gasteiger partial charge < -0.3 is 14.3 Å². The van der Waals surface area contributed by atoms with Gasteiger partial charge in [0.15, 0.2) is 0 Å². The Labute approximate surface area is 53.0 Å². The zero-order valence-electron chi connectivity index (χ0n) is 3.57. The van der Waals surface area contributed by atoms with Gasteiger partial charge in [-0.05, 0) is 11.8 Å².